The molecule has 66 valence electrons. The van der Waals surface area contributed by atoms with E-state index in [0.717, 1.165) is 25.3 Å². The highest BCUT2D eigenvalue weighted by molar-refractivity contribution is 4.80. The molecule has 0 saturated carbocycles. The molecular formula is C9H20N2. The van der Waals surface area contributed by atoms with Crippen molar-refractivity contribution in [1.82, 2.24) is 5.32 Å². The van der Waals surface area contributed by atoms with Gasteiger partial charge in [0, 0.05) is 12.1 Å². The molecule has 3 N–H and O–H groups in total. The lowest BCUT2D eigenvalue weighted by Crippen LogP contribution is -2.44. The first-order valence-electron chi connectivity index (χ1n) is 4.67. The van der Waals surface area contributed by atoms with Crippen molar-refractivity contribution in [3.63, 3.8) is 0 Å². The zero-order valence-electron chi connectivity index (χ0n) is 7.64. The number of rotatable bonds is 2. The van der Waals surface area contributed by atoms with Gasteiger partial charge in [0.25, 0.3) is 0 Å². The van der Waals surface area contributed by atoms with Crippen LogP contribution in [-0.4, -0.2) is 18.6 Å². The summed E-state index contributed by atoms with van der Waals surface area (Å²) in [6.45, 7) is 5.64. The van der Waals surface area contributed by atoms with Gasteiger partial charge in [0.1, 0.15) is 0 Å². The standard InChI is InChI=1S/C9H20N2/c1-7(2)5-9-6-8(10)3-4-11-9/h7-9,11H,3-6,10H2,1-2H3/t8-,9+/m0/s1. The van der Waals surface area contributed by atoms with Gasteiger partial charge in [-0.15, -0.1) is 0 Å². The van der Waals surface area contributed by atoms with Crippen LogP contribution in [-0.2, 0) is 0 Å². The van der Waals surface area contributed by atoms with Gasteiger partial charge < -0.3 is 11.1 Å². The van der Waals surface area contributed by atoms with Crippen molar-refractivity contribution in [2.75, 3.05) is 6.54 Å². The Kier molecular flexibility index (Phi) is 3.34. The normalized spacial score (nSPS) is 32.7. The van der Waals surface area contributed by atoms with E-state index in [1.54, 1.807) is 0 Å². The van der Waals surface area contributed by atoms with Crippen molar-refractivity contribution >= 4 is 0 Å². The van der Waals surface area contributed by atoms with E-state index in [0.29, 0.717) is 12.1 Å². The summed E-state index contributed by atoms with van der Waals surface area (Å²) in [7, 11) is 0. The smallest absolute Gasteiger partial charge is 0.00842 e. The minimum atomic E-state index is 0.444. The van der Waals surface area contributed by atoms with Crippen LogP contribution < -0.4 is 11.1 Å². The molecule has 1 heterocycles. The predicted molar refractivity (Wildman–Crippen MR) is 48.5 cm³/mol. The summed E-state index contributed by atoms with van der Waals surface area (Å²) in [6, 6.07) is 1.12. The Hall–Kier alpha value is -0.0800. The molecule has 0 aliphatic carbocycles. The summed E-state index contributed by atoms with van der Waals surface area (Å²) >= 11 is 0. The van der Waals surface area contributed by atoms with Crippen LogP contribution in [0.4, 0.5) is 0 Å². The van der Waals surface area contributed by atoms with E-state index in [4.69, 9.17) is 5.73 Å². The molecule has 0 amide bonds. The largest absolute Gasteiger partial charge is 0.328 e. The lowest BCUT2D eigenvalue weighted by atomic mass is 9.93. The highest BCUT2D eigenvalue weighted by Gasteiger charge is 2.18. The molecule has 0 aromatic heterocycles. The SMILES string of the molecule is CC(C)C[C@@H]1C[C@@H](N)CCN1. The molecule has 1 fully saturated rings. The van der Waals surface area contributed by atoms with E-state index in [2.05, 4.69) is 19.2 Å². The van der Waals surface area contributed by atoms with Gasteiger partial charge in [-0.2, -0.15) is 0 Å². The number of hydrogen-bond acceptors (Lipinski definition) is 2. The summed E-state index contributed by atoms with van der Waals surface area (Å²) in [4.78, 5) is 0. The quantitative estimate of drug-likeness (QED) is 0.628. The third-order valence-corrected chi connectivity index (χ3v) is 2.29. The maximum Gasteiger partial charge on any atom is 0.00842 e. The van der Waals surface area contributed by atoms with Crippen molar-refractivity contribution in [2.24, 2.45) is 11.7 Å². The summed E-state index contributed by atoms with van der Waals surface area (Å²) in [5.74, 6) is 0.790. The highest BCUT2D eigenvalue weighted by Crippen LogP contribution is 2.13. The second-order valence-electron chi connectivity index (χ2n) is 4.07. The van der Waals surface area contributed by atoms with Crippen LogP contribution >= 0.6 is 0 Å². The predicted octanol–water partition coefficient (Wildman–Crippen LogP) is 1.11. The second kappa shape index (κ2) is 4.07. The second-order valence-corrected chi connectivity index (χ2v) is 4.07. The fourth-order valence-corrected chi connectivity index (χ4v) is 1.79. The molecule has 0 unspecified atom stereocenters. The van der Waals surface area contributed by atoms with Gasteiger partial charge in [-0.25, -0.2) is 0 Å². The Morgan fingerprint density at radius 2 is 2.27 bits per heavy atom. The van der Waals surface area contributed by atoms with Gasteiger partial charge in [0.05, 0.1) is 0 Å². The van der Waals surface area contributed by atoms with Gasteiger partial charge in [0.2, 0.25) is 0 Å². The third kappa shape index (κ3) is 3.21. The number of nitrogens with one attached hydrogen (secondary N) is 1. The van der Waals surface area contributed by atoms with Crippen LogP contribution in [0.25, 0.3) is 0 Å². The van der Waals surface area contributed by atoms with Gasteiger partial charge in [-0.1, -0.05) is 13.8 Å². The van der Waals surface area contributed by atoms with Crippen molar-refractivity contribution in [3.8, 4) is 0 Å². The van der Waals surface area contributed by atoms with E-state index in [-0.39, 0.29) is 0 Å². The molecule has 2 heteroatoms. The fraction of sp³-hybridized carbons (Fsp3) is 1.00. The summed E-state index contributed by atoms with van der Waals surface area (Å²) in [6.07, 6.45) is 3.58. The lowest BCUT2D eigenvalue weighted by molar-refractivity contribution is 0.320. The zero-order valence-corrected chi connectivity index (χ0v) is 7.64. The summed E-state index contributed by atoms with van der Waals surface area (Å²) in [5, 5.41) is 3.50. The van der Waals surface area contributed by atoms with Gasteiger partial charge in [0.15, 0.2) is 0 Å². The molecule has 1 aliphatic rings. The maximum absolute atomic E-state index is 5.86. The molecular weight excluding hydrogens is 136 g/mol. The first-order valence-corrected chi connectivity index (χ1v) is 4.67. The van der Waals surface area contributed by atoms with E-state index in [1.165, 1.54) is 6.42 Å². The average Bonchev–Trinajstić information content (AvgIpc) is 1.85. The monoisotopic (exact) mass is 156 g/mol. The minimum Gasteiger partial charge on any atom is -0.328 e. The summed E-state index contributed by atoms with van der Waals surface area (Å²) in [5.41, 5.74) is 5.86. The van der Waals surface area contributed by atoms with Crippen molar-refractivity contribution in [1.29, 1.82) is 0 Å². The molecule has 0 aromatic rings. The van der Waals surface area contributed by atoms with Crippen molar-refractivity contribution < 1.29 is 0 Å². The lowest BCUT2D eigenvalue weighted by Gasteiger charge is -2.29. The first-order chi connectivity index (χ1) is 5.18. The molecule has 11 heavy (non-hydrogen) atoms. The highest BCUT2D eigenvalue weighted by atomic mass is 14.9. The van der Waals surface area contributed by atoms with Gasteiger partial charge >= 0.3 is 0 Å². The molecule has 2 atom stereocenters. The van der Waals surface area contributed by atoms with E-state index >= 15 is 0 Å². The van der Waals surface area contributed by atoms with Crippen LogP contribution in [0.15, 0.2) is 0 Å². The fourth-order valence-electron chi connectivity index (χ4n) is 1.79. The van der Waals surface area contributed by atoms with E-state index in [9.17, 15) is 0 Å². The molecule has 1 rings (SSSR count). The zero-order chi connectivity index (χ0) is 8.27. The third-order valence-electron chi connectivity index (χ3n) is 2.29. The topological polar surface area (TPSA) is 38.0 Å². The Morgan fingerprint density at radius 1 is 1.55 bits per heavy atom. The molecule has 0 bridgehead atoms. The van der Waals surface area contributed by atoms with Crippen LogP contribution in [0.2, 0.25) is 0 Å². The van der Waals surface area contributed by atoms with Gasteiger partial charge in [-0.3, -0.25) is 0 Å². The molecule has 2 nitrogen and oxygen atoms in total. The van der Waals surface area contributed by atoms with E-state index in [1.807, 2.05) is 0 Å². The molecule has 0 aromatic carbocycles. The number of piperidine rings is 1. The molecule has 1 saturated heterocycles. The van der Waals surface area contributed by atoms with Crippen molar-refractivity contribution in [2.45, 2.75) is 45.2 Å². The van der Waals surface area contributed by atoms with Crippen LogP contribution in [0.1, 0.15) is 33.1 Å². The Morgan fingerprint density at radius 3 is 2.82 bits per heavy atom. The van der Waals surface area contributed by atoms with Crippen molar-refractivity contribution in [3.05, 3.63) is 0 Å². The maximum atomic E-state index is 5.86. The first kappa shape index (κ1) is 9.01. The van der Waals surface area contributed by atoms with Crippen LogP contribution in [0, 0.1) is 5.92 Å². The van der Waals surface area contributed by atoms with Crippen LogP contribution in [0.5, 0.6) is 0 Å². The van der Waals surface area contributed by atoms with Crippen LogP contribution in [0.3, 0.4) is 0 Å². The number of hydrogen-bond donors (Lipinski definition) is 2. The minimum absolute atomic E-state index is 0.444. The molecule has 0 spiro atoms. The summed E-state index contributed by atoms with van der Waals surface area (Å²) < 4.78 is 0. The van der Waals surface area contributed by atoms with E-state index < -0.39 is 0 Å². The molecule has 1 aliphatic heterocycles. The Labute approximate surface area is 69.5 Å². The Bertz CT molecular complexity index is 110. The average molecular weight is 156 g/mol. The Balaban J connectivity index is 2.23. The molecule has 0 radical (unpaired) electrons. The van der Waals surface area contributed by atoms with Gasteiger partial charge in [-0.05, 0) is 31.7 Å². The number of nitrogens with two attached hydrogens (primary N) is 1.